The number of hydrogen-bond donors (Lipinski definition) is 1. The van der Waals surface area contributed by atoms with Gasteiger partial charge in [0.15, 0.2) is 0 Å². The minimum atomic E-state index is -2.59. The Labute approximate surface area is 92.6 Å². The third kappa shape index (κ3) is 3.90. The Balaban J connectivity index is 2.50. The first kappa shape index (κ1) is 13.1. The number of carbonyl (C=O) groups excluding carboxylic acids is 1. The van der Waals surface area contributed by atoms with Crippen molar-refractivity contribution in [2.24, 2.45) is 0 Å². The first-order valence-corrected chi connectivity index (χ1v) is 5.15. The summed E-state index contributed by atoms with van der Waals surface area (Å²) in [5.41, 5.74) is 0. The van der Waals surface area contributed by atoms with E-state index in [0.29, 0.717) is 26.3 Å². The molecule has 0 atom stereocenters. The number of nitrogens with zero attached hydrogens (tertiary/aromatic N) is 2. The molecule has 1 aliphatic rings. The van der Waals surface area contributed by atoms with Crippen LogP contribution < -0.4 is 0 Å². The number of alkyl halides is 2. The minimum absolute atomic E-state index is 0.0689. The van der Waals surface area contributed by atoms with Crippen molar-refractivity contribution in [1.29, 1.82) is 0 Å². The lowest BCUT2D eigenvalue weighted by atomic mass is 10.4. The zero-order valence-electron chi connectivity index (χ0n) is 8.94. The number of aliphatic hydroxyl groups excluding tert-OH is 1. The molecule has 0 aromatic heterocycles. The van der Waals surface area contributed by atoms with Gasteiger partial charge in [0.1, 0.15) is 0 Å². The molecule has 1 rings (SSSR count). The van der Waals surface area contributed by atoms with E-state index in [0.717, 1.165) is 4.90 Å². The number of rotatable bonds is 4. The molecule has 2 amide bonds. The Morgan fingerprint density at radius 3 is 2.56 bits per heavy atom. The molecule has 0 bridgehead atoms. The van der Waals surface area contributed by atoms with Gasteiger partial charge in [-0.15, -0.1) is 0 Å². The van der Waals surface area contributed by atoms with Crippen molar-refractivity contribution < 1.29 is 23.4 Å². The van der Waals surface area contributed by atoms with Crippen molar-refractivity contribution in [3.63, 3.8) is 0 Å². The van der Waals surface area contributed by atoms with Gasteiger partial charge in [0.05, 0.1) is 26.4 Å². The van der Waals surface area contributed by atoms with E-state index in [1.54, 1.807) is 0 Å². The fourth-order valence-electron chi connectivity index (χ4n) is 1.51. The first-order valence-electron chi connectivity index (χ1n) is 5.15. The van der Waals surface area contributed by atoms with Crippen LogP contribution in [0.2, 0.25) is 0 Å². The number of amides is 2. The average Bonchev–Trinajstić information content (AvgIpc) is 2.28. The SMILES string of the molecule is O=C(N1CCOCC1)N(CCO)CC(F)F. The van der Waals surface area contributed by atoms with Crippen LogP contribution in [-0.2, 0) is 4.74 Å². The lowest BCUT2D eigenvalue weighted by molar-refractivity contribution is 0.0320. The molecule has 1 N–H and O–H groups in total. The first-order chi connectivity index (χ1) is 7.65. The molecule has 0 unspecified atom stereocenters. The van der Waals surface area contributed by atoms with Crippen LogP contribution in [0.3, 0.4) is 0 Å². The van der Waals surface area contributed by atoms with Gasteiger partial charge in [-0.25, -0.2) is 13.6 Å². The van der Waals surface area contributed by atoms with Crippen molar-refractivity contribution in [1.82, 2.24) is 9.80 Å². The lowest BCUT2D eigenvalue weighted by Crippen LogP contribution is -2.50. The number of halogens is 2. The zero-order valence-corrected chi connectivity index (χ0v) is 8.94. The van der Waals surface area contributed by atoms with Crippen molar-refractivity contribution >= 4 is 6.03 Å². The molecule has 1 aliphatic heterocycles. The number of aliphatic hydroxyl groups is 1. The van der Waals surface area contributed by atoms with Crippen LogP contribution in [0.1, 0.15) is 0 Å². The molecule has 1 fully saturated rings. The molecule has 5 nitrogen and oxygen atoms in total. The smallest absolute Gasteiger partial charge is 0.320 e. The number of urea groups is 1. The quantitative estimate of drug-likeness (QED) is 0.750. The summed E-state index contributed by atoms with van der Waals surface area (Å²) in [5, 5.41) is 8.71. The third-order valence-electron chi connectivity index (χ3n) is 2.28. The van der Waals surface area contributed by atoms with E-state index in [1.807, 2.05) is 0 Å². The molecule has 0 radical (unpaired) electrons. The summed E-state index contributed by atoms with van der Waals surface area (Å²) in [6, 6.07) is -0.461. The standard InChI is InChI=1S/C9H16F2N2O3/c10-8(11)7-13(1-4-14)9(15)12-2-5-16-6-3-12/h8,14H,1-7H2. The zero-order chi connectivity index (χ0) is 12.0. The predicted molar refractivity (Wildman–Crippen MR) is 52.5 cm³/mol. The molecule has 0 spiro atoms. The molecule has 0 aromatic carbocycles. The highest BCUT2D eigenvalue weighted by Crippen LogP contribution is 2.06. The van der Waals surface area contributed by atoms with E-state index in [4.69, 9.17) is 9.84 Å². The number of hydrogen-bond acceptors (Lipinski definition) is 3. The minimum Gasteiger partial charge on any atom is -0.395 e. The van der Waals surface area contributed by atoms with Crippen molar-refractivity contribution in [2.45, 2.75) is 6.43 Å². The molecule has 0 saturated carbocycles. The second-order valence-corrected chi connectivity index (χ2v) is 3.44. The normalized spacial score (nSPS) is 16.6. The molecule has 94 valence electrons. The van der Waals surface area contributed by atoms with Crippen LogP contribution in [0, 0.1) is 0 Å². The van der Waals surface area contributed by atoms with Crippen LogP contribution in [0.4, 0.5) is 13.6 Å². The number of morpholine rings is 1. The summed E-state index contributed by atoms with van der Waals surface area (Å²) < 4.78 is 29.5. The predicted octanol–water partition coefficient (Wildman–Crippen LogP) is -0.00200. The fraction of sp³-hybridized carbons (Fsp3) is 0.889. The lowest BCUT2D eigenvalue weighted by Gasteiger charge is -2.32. The van der Waals surface area contributed by atoms with E-state index < -0.39 is 19.0 Å². The van der Waals surface area contributed by atoms with E-state index in [-0.39, 0.29) is 13.2 Å². The van der Waals surface area contributed by atoms with E-state index in [2.05, 4.69) is 0 Å². The van der Waals surface area contributed by atoms with Crippen molar-refractivity contribution in [2.75, 3.05) is 46.0 Å². The summed E-state index contributed by atoms with van der Waals surface area (Å²) in [6.45, 7) is 0.634. The van der Waals surface area contributed by atoms with Gasteiger partial charge in [-0.05, 0) is 0 Å². The Kier molecular flexibility index (Phi) is 5.41. The monoisotopic (exact) mass is 238 g/mol. The van der Waals surface area contributed by atoms with Crippen molar-refractivity contribution in [3.8, 4) is 0 Å². The van der Waals surface area contributed by atoms with Crippen LogP contribution in [0.15, 0.2) is 0 Å². The topological polar surface area (TPSA) is 53.0 Å². The maximum atomic E-state index is 12.2. The molecular weight excluding hydrogens is 222 g/mol. The summed E-state index contributed by atoms with van der Waals surface area (Å²) >= 11 is 0. The molecule has 16 heavy (non-hydrogen) atoms. The molecule has 1 saturated heterocycles. The van der Waals surface area contributed by atoms with Gasteiger partial charge in [-0.2, -0.15) is 0 Å². The van der Waals surface area contributed by atoms with E-state index in [1.165, 1.54) is 4.90 Å². The Hall–Kier alpha value is -0.950. The van der Waals surface area contributed by atoms with Crippen LogP contribution in [-0.4, -0.2) is 73.4 Å². The highest BCUT2D eigenvalue weighted by atomic mass is 19.3. The van der Waals surface area contributed by atoms with E-state index in [9.17, 15) is 13.6 Å². The van der Waals surface area contributed by atoms with Crippen LogP contribution in [0.25, 0.3) is 0 Å². The van der Waals surface area contributed by atoms with Gasteiger partial charge in [0.25, 0.3) is 6.43 Å². The second kappa shape index (κ2) is 6.59. The second-order valence-electron chi connectivity index (χ2n) is 3.44. The van der Waals surface area contributed by atoms with Gasteiger partial charge in [-0.1, -0.05) is 0 Å². The molecular formula is C9H16F2N2O3. The van der Waals surface area contributed by atoms with Crippen LogP contribution in [0.5, 0.6) is 0 Å². The third-order valence-corrected chi connectivity index (χ3v) is 2.28. The Morgan fingerprint density at radius 2 is 2.06 bits per heavy atom. The Bertz CT molecular complexity index is 223. The molecule has 1 heterocycles. The highest BCUT2D eigenvalue weighted by Gasteiger charge is 2.24. The summed E-state index contributed by atoms with van der Waals surface area (Å²) in [6.07, 6.45) is -2.59. The molecule has 0 aliphatic carbocycles. The van der Waals surface area contributed by atoms with Crippen LogP contribution >= 0.6 is 0 Å². The van der Waals surface area contributed by atoms with Gasteiger partial charge in [0, 0.05) is 19.6 Å². The van der Waals surface area contributed by atoms with Crippen molar-refractivity contribution in [3.05, 3.63) is 0 Å². The van der Waals surface area contributed by atoms with Gasteiger partial charge in [0.2, 0.25) is 0 Å². The van der Waals surface area contributed by atoms with Gasteiger partial charge >= 0.3 is 6.03 Å². The number of carbonyl (C=O) groups is 1. The summed E-state index contributed by atoms with van der Waals surface area (Å²) in [7, 11) is 0. The largest absolute Gasteiger partial charge is 0.395 e. The fourth-order valence-corrected chi connectivity index (χ4v) is 1.51. The van der Waals surface area contributed by atoms with E-state index >= 15 is 0 Å². The van der Waals surface area contributed by atoms with Gasteiger partial charge < -0.3 is 19.6 Å². The maximum Gasteiger partial charge on any atom is 0.320 e. The summed E-state index contributed by atoms with van der Waals surface area (Å²) in [5.74, 6) is 0. The Morgan fingerprint density at radius 1 is 1.44 bits per heavy atom. The highest BCUT2D eigenvalue weighted by molar-refractivity contribution is 5.74. The maximum absolute atomic E-state index is 12.2. The summed E-state index contributed by atoms with van der Waals surface area (Å²) in [4.78, 5) is 14.2. The molecule has 7 heteroatoms. The average molecular weight is 238 g/mol. The number of ether oxygens (including phenoxy) is 1. The van der Waals surface area contributed by atoms with Gasteiger partial charge in [-0.3, -0.25) is 0 Å². The molecule has 0 aromatic rings.